The van der Waals surface area contributed by atoms with Gasteiger partial charge in [0.25, 0.3) is 5.78 Å². The van der Waals surface area contributed by atoms with Crippen molar-refractivity contribution in [2.45, 2.75) is 17.5 Å². The van der Waals surface area contributed by atoms with Crippen LogP contribution in [0.25, 0.3) is 5.53 Å². The van der Waals surface area contributed by atoms with Gasteiger partial charge in [0.05, 0.1) is 0 Å². The zero-order valence-electron chi connectivity index (χ0n) is 13.4. The van der Waals surface area contributed by atoms with Gasteiger partial charge in [-0.3, -0.25) is 4.79 Å². The minimum atomic E-state index is -0.857. The Hall–Kier alpha value is -2.89. The summed E-state index contributed by atoms with van der Waals surface area (Å²) in [6, 6.07) is 17.8. The molecule has 0 bridgehead atoms. The fraction of sp³-hybridized carbons (Fsp3) is 0.167. The molecule has 2 aromatic rings. The number of hydrogen-bond acceptors (Lipinski definition) is 4. The van der Waals surface area contributed by atoms with Crippen LogP contribution in [0.5, 0.6) is 0 Å². The molecule has 0 saturated heterocycles. The number of thioether (sulfide) groups is 1. The van der Waals surface area contributed by atoms with Crippen molar-refractivity contribution in [3.05, 3.63) is 71.8 Å². The molecule has 0 aliphatic carbocycles. The minimum absolute atomic E-state index is 0.105. The van der Waals surface area contributed by atoms with Crippen LogP contribution in [-0.2, 0) is 16.1 Å². The summed E-state index contributed by atoms with van der Waals surface area (Å²) >= 11 is 1.40. The molecular weight excluding hydrogens is 338 g/mol. The molecule has 0 heterocycles. The third-order valence-electron chi connectivity index (χ3n) is 3.19. The molecule has 7 heteroatoms. The molecule has 0 fully saturated rings. The van der Waals surface area contributed by atoms with Crippen molar-refractivity contribution >= 4 is 29.9 Å². The number of benzene rings is 2. The highest BCUT2D eigenvalue weighted by molar-refractivity contribution is 7.99. The van der Waals surface area contributed by atoms with E-state index in [1.165, 1.54) is 11.8 Å². The van der Waals surface area contributed by atoms with E-state index in [0.29, 0.717) is 0 Å². The van der Waals surface area contributed by atoms with Gasteiger partial charge in [0.1, 0.15) is 12.6 Å². The van der Waals surface area contributed by atoms with Gasteiger partial charge in [0.15, 0.2) is 0 Å². The standard InChI is InChI=1S/C18H17N3O3S/c19-20-11-17(22)16(13-25-15-9-5-2-6-10-15)21-18(23)24-12-14-7-3-1-4-8-14/h1-11,16H,12-13H2,(H,21,23)/t16-/m1/s1. The van der Waals surface area contributed by atoms with Crippen LogP contribution >= 0.6 is 11.8 Å². The number of amides is 1. The lowest BCUT2D eigenvalue weighted by atomic mass is 10.2. The molecule has 1 N–H and O–H groups in total. The number of ether oxygens (including phenoxy) is 1. The molecule has 2 aromatic carbocycles. The highest BCUT2D eigenvalue weighted by Gasteiger charge is 2.23. The number of carbonyl (C=O) groups is 2. The fourth-order valence-corrected chi connectivity index (χ4v) is 2.90. The Morgan fingerprint density at radius 2 is 1.76 bits per heavy atom. The van der Waals surface area contributed by atoms with E-state index in [4.69, 9.17) is 10.3 Å². The minimum Gasteiger partial charge on any atom is -0.445 e. The first-order valence-electron chi connectivity index (χ1n) is 7.55. The maximum Gasteiger partial charge on any atom is 0.408 e. The zero-order valence-corrected chi connectivity index (χ0v) is 14.2. The Labute approximate surface area is 149 Å². The summed E-state index contributed by atoms with van der Waals surface area (Å²) in [4.78, 5) is 27.6. The third kappa shape index (κ3) is 6.63. The second kappa shape index (κ2) is 10.1. The molecule has 0 radical (unpaired) electrons. The van der Waals surface area contributed by atoms with E-state index in [1.54, 1.807) is 0 Å². The zero-order chi connectivity index (χ0) is 17.9. The lowest BCUT2D eigenvalue weighted by Gasteiger charge is -2.14. The van der Waals surface area contributed by atoms with E-state index in [1.807, 2.05) is 60.7 Å². The van der Waals surface area contributed by atoms with Gasteiger partial charge in [-0.25, -0.2) is 4.79 Å². The summed E-state index contributed by atoms with van der Waals surface area (Å²) in [5, 5.41) is 2.51. The van der Waals surface area contributed by atoms with Crippen LogP contribution in [0.3, 0.4) is 0 Å². The van der Waals surface area contributed by atoms with E-state index in [9.17, 15) is 9.59 Å². The molecule has 0 saturated carbocycles. The summed E-state index contributed by atoms with van der Waals surface area (Å²) in [6.07, 6.45) is 0.0652. The van der Waals surface area contributed by atoms with Crippen LogP contribution < -0.4 is 5.32 Å². The Balaban J connectivity index is 1.91. The first-order valence-corrected chi connectivity index (χ1v) is 8.54. The second-order valence-electron chi connectivity index (χ2n) is 5.03. The topological polar surface area (TPSA) is 91.8 Å². The number of nitrogens with zero attached hydrogens (tertiary/aromatic N) is 2. The molecule has 2 rings (SSSR count). The summed E-state index contributed by atoms with van der Waals surface area (Å²) < 4.78 is 5.12. The first-order chi connectivity index (χ1) is 12.2. The highest BCUT2D eigenvalue weighted by Crippen LogP contribution is 2.18. The normalized spacial score (nSPS) is 11.0. The largest absolute Gasteiger partial charge is 0.445 e. The summed E-state index contributed by atoms with van der Waals surface area (Å²) in [5.74, 6) is -0.224. The monoisotopic (exact) mass is 355 g/mol. The Morgan fingerprint density at radius 1 is 1.12 bits per heavy atom. The smallest absolute Gasteiger partial charge is 0.408 e. The quantitative estimate of drug-likeness (QED) is 0.341. The van der Waals surface area contributed by atoms with Gasteiger partial charge < -0.3 is 15.6 Å². The summed E-state index contributed by atoms with van der Waals surface area (Å²) in [5.41, 5.74) is 9.40. The molecule has 0 aliphatic rings. The molecule has 0 unspecified atom stereocenters. The van der Waals surface area contributed by atoms with Crippen molar-refractivity contribution in [1.82, 2.24) is 5.32 Å². The van der Waals surface area contributed by atoms with E-state index in [0.717, 1.165) is 16.7 Å². The number of Topliss-reactive ketones (excluding diaryl/α,β-unsaturated/α-hetero) is 1. The van der Waals surface area contributed by atoms with Gasteiger partial charge >= 0.3 is 12.3 Å². The van der Waals surface area contributed by atoms with Crippen LogP contribution in [0.2, 0.25) is 0 Å². The molecule has 0 spiro atoms. The van der Waals surface area contributed by atoms with Gasteiger partial charge in [-0.15, -0.1) is 11.8 Å². The van der Waals surface area contributed by atoms with Gasteiger partial charge in [0.2, 0.25) is 0 Å². The highest BCUT2D eigenvalue weighted by atomic mass is 32.2. The Morgan fingerprint density at radius 3 is 2.40 bits per heavy atom. The van der Waals surface area contributed by atoms with E-state index >= 15 is 0 Å². The molecular formula is C18H17N3O3S. The SMILES string of the molecule is [N-]=[N+]=CC(=O)[C@@H](CSc1ccccc1)NC(=O)OCc1ccccc1. The van der Waals surface area contributed by atoms with Gasteiger partial charge in [-0.05, 0) is 17.7 Å². The fourth-order valence-electron chi connectivity index (χ4n) is 1.95. The number of alkyl carbamates (subject to hydrolysis) is 1. The van der Waals surface area contributed by atoms with Crippen LogP contribution in [0.4, 0.5) is 4.79 Å². The van der Waals surface area contributed by atoms with Crippen molar-refractivity contribution in [1.29, 1.82) is 0 Å². The van der Waals surface area contributed by atoms with Crippen molar-refractivity contribution in [3.63, 3.8) is 0 Å². The average molecular weight is 355 g/mol. The predicted molar refractivity (Wildman–Crippen MR) is 95.4 cm³/mol. The van der Waals surface area contributed by atoms with E-state index in [-0.39, 0.29) is 12.4 Å². The Kier molecular flexibility index (Phi) is 7.43. The number of rotatable bonds is 8. The van der Waals surface area contributed by atoms with Crippen LogP contribution in [0.15, 0.2) is 65.6 Å². The van der Waals surface area contributed by atoms with Crippen molar-refractivity contribution in [2.24, 2.45) is 0 Å². The lowest BCUT2D eigenvalue weighted by Crippen LogP contribution is -2.43. The third-order valence-corrected chi connectivity index (χ3v) is 4.30. The van der Waals surface area contributed by atoms with Crippen LogP contribution in [0.1, 0.15) is 5.56 Å². The predicted octanol–water partition coefficient (Wildman–Crippen LogP) is 2.94. The van der Waals surface area contributed by atoms with E-state index < -0.39 is 17.9 Å². The summed E-state index contributed by atoms with van der Waals surface area (Å²) in [7, 11) is 0. The number of hydrogen-bond donors (Lipinski definition) is 1. The number of ketones is 1. The second-order valence-corrected chi connectivity index (χ2v) is 6.12. The molecule has 1 atom stereocenters. The maximum atomic E-state index is 12.0. The molecule has 6 nitrogen and oxygen atoms in total. The van der Waals surface area contributed by atoms with Crippen molar-refractivity contribution < 1.29 is 19.1 Å². The van der Waals surface area contributed by atoms with Crippen LogP contribution in [0, 0.1) is 0 Å². The molecule has 25 heavy (non-hydrogen) atoms. The molecule has 0 aromatic heterocycles. The molecule has 0 aliphatic heterocycles. The van der Waals surface area contributed by atoms with Gasteiger partial charge in [0, 0.05) is 10.6 Å². The average Bonchev–Trinajstić information content (AvgIpc) is 2.65. The molecule has 128 valence electrons. The van der Waals surface area contributed by atoms with Crippen molar-refractivity contribution in [3.8, 4) is 0 Å². The maximum absolute atomic E-state index is 12.0. The molecule has 1 amide bonds. The van der Waals surface area contributed by atoms with Gasteiger partial charge in [-0.1, -0.05) is 48.5 Å². The van der Waals surface area contributed by atoms with Gasteiger partial charge in [-0.2, -0.15) is 4.79 Å². The Bertz CT molecular complexity index is 747. The first kappa shape index (κ1) is 18.4. The van der Waals surface area contributed by atoms with Crippen molar-refractivity contribution in [2.75, 3.05) is 5.75 Å². The lowest BCUT2D eigenvalue weighted by molar-refractivity contribution is -0.117. The van der Waals surface area contributed by atoms with E-state index in [2.05, 4.69) is 10.1 Å². The summed E-state index contributed by atoms with van der Waals surface area (Å²) in [6.45, 7) is 0.105. The number of carbonyl (C=O) groups excluding carboxylic acids is 2. The number of nitrogens with one attached hydrogen (secondary N) is 1. The van der Waals surface area contributed by atoms with Crippen LogP contribution in [-0.4, -0.2) is 34.7 Å².